The standard InChI is InChI=1S/C13H17ClF3NO/c1-9(12(18-2)6-7-13(15,16)17)19-11-5-3-4-10(14)8-11/h3-5,8-9,12,18H,6-7H2,1-2H3. The highest BCUT2D eigenvalue weighted by atomic mass is 35.5. The lowest BCUT2D eigenvalue weighted by Gasteiger charge is -2.25. The minimum atomic E-state index is -4.15. The van der Waals surface area contributed by atoms with Crippen molar-refractivity contribution in [2.45, 2.75) is 38.1 Å². The van der Waals surface area contributed by atoms with Gasteiger partial charge < -0.3 is 10.1 Å². The van der Waals surface area contributed by atoms with E-state index in [9.17, 15) is 13.2 Å². The largest absolute Gasteiger partial charge is 0.489 e. The highest BCUT2D eigenvalue weighted by molar-refractivity contribution is 6.30. The molecule has 0 saturated carbocycles. The summed E-state index contributed by atoms with van der Waals surface area (Å²) in [5.41, 5.74) is 0. The fourth-order valence-corrected chi connectivity index (χ4v) is 1.95. The van der Waals surface area contributed by atoms with Gasteiger partial charge in [0.1, 0.15) is 11.9 Å². The molecule has 2 unspecified atom stereocenters. The van der Waals surface area contributed by atoms with E-state index < -0.39 is 12.6 Å². The van der Waals surface area contributed by atoms with Crippen molar-refractivity contribution in [1.82, 2.24) is 5.32 Å². The molecular weight excluding hydrogens is 279 g/mol. The van der Waals surface area contributed by atoms with Gasteiger partial charge in [0.05, 0.1) is 0 Å². The lowest BCUT2D eigenvalue weighted by atomic mass is 10.1. The van der Waals surface area contributed by atoms with Gasteiger partial charge in [-0.15, -0.1) is 0 Å². The molecule has 0 aromatic heterocycles. The van der Waals surface area contributed by atoms with Crippen LogP contribution in [0.5, 0.6) is 5.75 Å². The van der Waals surface area contributed by atoms with Crippen molar-refractivity contribution in [1.29, 1.82) is 0 Å². The van der Waals surface area contributed by atoms with Crippen LogP contribution in [-0.4, -0.2) is 25.4 Å². The minimum absolute atomic E-state index is 0.0261. The lowest BCUT2D eigenvalue weighted by Crippen LogP contribution is -2.40. The van der Waals surface area contributed by atoms with E-state index in [4.69, 9.17) is 16.3 Å². The summed E-state index contributed by atoms with van der Waals surface area (Å²) >= 11 is 5.82. The fraction of sp³-hybridized carbons (Fsp3) is 0.538. The molecule has 6 heteroatoms. The number of benzene rings is 1. The maximum Gasteiger partial charge on any atom is 0.389 e. The Morgan fingerprint density at radius 3 is 2.58 bits per heavy atom. The normalized spacial score (nSPS) is 15.1. The topological polar surface area (TPSA) is 21.3 Å². The molecule has 0 aliphatic rings. The second kappa shape index (κ2) is 7.01. The van der Waals surface area contributed by atoms with Gasteiger partial charge in [-0.1, -0.05) is 17.7 Å². The van der Waals surface area contributed by atoms with E-state index in [1.165, 1.54) is 0 Å². The summed E-state index contributed by atoms with van der Waals surface area (Å²) in [6.45, 7) is 1.73. The molecule has 0 fully saturated rings. The van der Waals surface area contributed by atoms with Crippen LogP contribution in [0.25, 0.3) is 0 Å². The molecule has 2 atom stereocenters. The summed E-state index contributed by atoms with van der Waals surface area (Å²) in [4.78, 5) is 0. The summed E-state index contributed by atoms with van der Waals surface area (Å²) in [5, 5.41) is 3.38. The van der Waals surface area contributed by atoms with Crippen molar-refractivity contribution >= 4 is 11.6 Å². The molecule has 0 aliphatic carbocycles. The van der Waals surface area contributed by atoms with Gasteiger partial charge in [-0.25, -0.2) is 0 Å². The number of alkyl halides is 3. The summed E-state index contributed by atoms with van der Waals surface area (Å²) < 4.78 is 42.2. The van der Waals surface area contributed by atoms with Gasteiger partial charge in [0.25, 0.3) is 0 Å². The number of hydrogen-bond acceptors (Lipinski definition) is 2. The molecule has 1 rings (SSSR count). The maximum atomic E-state index is 12.2. The highest BCUT2D eigenvalue weighted by Crippen LogP contribution is 2.24. The van der Waals surface area contributed by atoms with Crippen LogP contribution in [0.2, 0.25) is 5.02 Å². The van der Waals surface area contributed by atoms with Gasteiger partial charge in [0, 0.05) is 17.5 Å². The van der Waals surface area contributed by atoms with E-state index in [0.717, 1.165) is 0 Å². The number of halogens is 4. The molecule has 0 heterocycles. The van der Waals surface area contributed by atoms with Crippen LogP contribution in [0.4, 0.5) is 13.2 Å². The van der Waals surface area contributed by atoms with Crippen LogP contribution in [-0.2, 0) is 0 Å². The Morgan fingerprint density at radius 1 is 1.37 bits per heavy atom. The van der Waals surface area contributed by atoms with Crippen molar-refractivity contribution in [3.05, 3.63) is 29.3 Å². The van der Waals surface area contributed by atoms with Crippen LogP contribution >= 0.6 is 11.6 Å². The second-order valence-corrected chi connectivity index (χ2v) is 4.77. The Labute approximate surface area is 115 Å². The van der Waals surface area contributed by atoms with Crippen LogP contribution in [0, 0.1) is 0 Å². The molecule has 0 bridgehead atoms. The Kier molecular flexibility index (Phi) is 5.94. The molecule has 1 N–H and O–H groups in total. The monoisotopic (exact) mass is 295 g/mol. The summed E-state index contributed by atoms with van der Waals surface area (Å²) in [6.07, 6.45) is -5.39. The zero-order valence-electron chi connectivity index (χ0n) is 10.8. The minimum Gasteiger partial charge on any atom is -0.489 e. The summed E-state index contributed by atoms with van der Waals surface area (Å²) in [7, 11) is 1.62. The Morgan fingerprint density at radius 2 is 2.05 bits per heavy atom. The molecular formula is C13H17ClF3NO. The van der Waals surface area contributed by atoms with Gasteiger partial charge in [-0.05, 0) is 38.6 Å². The third-order valence-electron chi connectivity index (χ3n) is 2.79. The van der Waals surface area contributed by atoms with Crippen molar-refractivity contribution in [3.63, 3.8) is 0 Å². The van der Waals surface area contributed by atoms with E-state index in [1.807, 2.05) is 0 Å². The van der Waals surface area contributed by atoms with E-state index in [0.29, 0.717) is 10.8 Å². The summed E-state index contributed by atoms with van der Waals surface area (Å²) in [5.74, 6) is 0.548. The Bertz CT molecular complexity index is 398. The Hall–Kier alpha value is -0.940. The molecule has 0 radical (unpaired) electrons. The molecule has 108 valence electrons. The maximum absolute atomic E-state index is 12.2. The van der Waals surface area contributed by atoms with Crippen LogP contribution in [0.15, 0.2) is 24.3 Å². The van der Waals surface area contributed by atoms with E-state index in [1.54, 1.807) is 38.2 Å². The van der Waals surface area contributed by atoms with Crippen molar-refractivity contribution < 1.29 is 17.9 Å². The third-order valence-corrected chi connectivity index (χ3v) is 3.03. The van der Waals surface area contributed by atoms with Gasteiger partial charge in [0.15, 0.2) is 0 Å². The first-order chi connectivity index (χ1) is 8.81. The molecule has 0 spiro atoms. The number of rotatable bonds is 6. The number of likely N-dealkylation sites (N-methyl/N-ethyl adjacent to an activating group) is 1. The molecule has 0 aliphatic heterocycles. The molecule has 1 aromatic rings. The number of nitrogens with one attached hydrogen (secondary N) is 1. The van der Waals surface area contributed by atoms with Crippen LogP contribution in [0.1, 0.15) is 19.8 Å². The van der Waals surface area contributed by atoms with Gasteiger partial charge in [0.2, 0.25) is 0 Å². The van der Waals surface area contributed by atoms with Gasteiger partial charge in [-0.3, -0.25) is 0 Å². The first-order valence-corrected chi connectivity index (χ1v) is 6.36. The van der Waals surface area contributed by atoms with Gasteiger partial charge in [-0.2, -0.15) is 13.2 Å². The van der Waals surface area contributed by atoms with Crippen molar-refractivity contribution in [2.75, 3.05) is 7.05 Å². The van der Waals surface area contributed by atoms with Crippen LogP contribution in [0.3, 0.4) is 0 Å². The quantitative estimate of drug-likeness (QED) is 0.855. The zero-order valence-corrected chi connectivity index (χ0v) is 11.6. The second-order valence-electron chi connectivity index (χ2n) is 4.33. The van der Waals surface area contributed by atoms with E-state index in [-0.39, 0.29) is 18.6 Å². The fourth-order valence-electron chi connectivity index (χ4n) is 1.77. The molecule has 2 nitrogen and oxygen atoms in total. The molecule has 0 amide bonds. The Balaban J connectivity index is 2.56. The zero-order chi connectivity index (χ0) is 14.5. The molecule has 0 saturated heterocycles. The lowest BCUT2D eigenvalue weighted by molar-refractivity contribution is -0.137. The molecule has 1 aromatic carbocycles. The summed E-state index contributed by atoms with van der Waals surface area (Å²) in [6, 6.07) is 6.42. The average Bonchev–Trinajstić information content (AvgIpc) is 2.28. The van der Waals surface area contributed by atoms with Gasteiger partial charge >= 0.3 is 6.18 Å². The van der Waals surface area contributed by atoms with E-state index >= 15 is 0 Å². The first-order valence-electron chi connectivity index (χ1n) is 5.98. The molecule has 19 heavy (non-hydrogen) atoms. The third kappa shape index (κ3) is 6.16. The number of ether oxygens (including phenoxy) is 1. The van der Waals surface area contributed by atoms with Crippen molar-refractivity contribution in [3.8, 4) is 5.75 Å². The smallest absolute Gasteiger partial charge is 0.389 e. The SMILES string of the molecule is CNC(CCC(F)(F)F)C(C)Oc1cccc(Cl)c1. The average molecular weight is 296 g/mol. The number of hydrogen-bond donors (Lipinski definition) is 1. The first kappa shape index (κ1) is 16.1. The predicted molar refractivity (Wildman–Crippen MR) is 69.7 cm³/mol. The predicted octanol–water partition coefficient (Wildman–Crippen LogP) is 4.04. The van der Waals surface area contributed by atoms with Crippen molar-refractivity contribution in [2.24, 2.45) is 0 Å². The highest BCUT2D eigenvalue weighted by Gasteiger charge is 2.29. The van der Waals surface area contributed by atoms with E-state index in [2.05, 4.69) is 5.32 Å². The van der Waals surface area contributed by atoms with Crippen LogP contribution < -0.4 is 10.1 Å².